The maximum atomic E-state index is 11.8. The number of aliphatic carboxylic acids is 1. The molecule has 1 heterocycles. The predicted octanol–water partition coefficient (Wildman–Crippen LogP) is 0.304. The van der Waals surface area contributed by atoms with Crippen LogP contribution in [0.15, 0.2) is 0 Å². The van der Waals surface area contributed by atoms with Gasteiger partial charge in [-0.25, -0.2) is 9.59 Å². The summed E-state index contributed by atoms with van der Waals surface area (Å²) in [6, 6.07) is -0.705. The predicted molar refractivity (Wildman–Crippen MR) is 71.2 cm³/mol. The second-order valence-electron chi connectivity index (χ2n) is 5.37. The molecule has 3 N–H and O–H groups in total. The Labute approximate surface area is 117 Å². The fourth-order valence-corrected chi connectivity index (χ4v) is 2.34. The molecule has 2 fully saturated rings. The first-order valence-electron chi connectivity index (χ1n) is 7.14. The summed E-state index contributed by atoms with van der Waals surface area (Å²) >= 11 is 0. The normalized spacial score (nSPS) is 21.6. The van der Waals surface area contributed by atoms with Gasteiger partial charge in [0, 0.05) is 25.6 Å². The van der Waals surface area contributed by atoms with Gasteiger partial charge in [-0.05, 0) is 32.1 Å². The van der Waals surface area contributed by atoms with Crippen molar-refractivity contribution in [2.45, 2.75) is 50.6 Å². The molecule has 2 aliphatic rings. The monoisotopic (exact) mass is 283 g/mol. The molecule has 112 valence electrons. The van der Waals surface area contributed by atoms with E-state index in [1.54, 1.807) is 0 Å². The molecule has 1 aliphatic heterocycles. The van der Waals surface area contributed by atoms with E-state index < -0.39 is 12.0 Å². The number of rotatable bonds is 6. The molecule has 0 bridgehead atoms. The number of hydrogen-bond acceptors (Lipinski definition) is 3. The molecule has 1 aliphatic carbocycles. The number of urea groups is 1. The lowest BCUT2D eigenvalue weighted by Gasteiger charge is -2.21. The molecule has 0 radical (unpaired) electrons. The number of carbonyl (C=O) groups excluding carboxylic acids is 2. The molecule has 0 aromatic heterocycles. The van der Waals surface area contributed by atoms with Crippen molar-refractivity contribution < 1.29 is 19.5 Å². The van der Waals surface area contributed by atoms with E-state index in [2.05, 4.69) is 10.6 Å². The molecule has 1 saturated heterocycles. The van der Waals surface area contributed by atoms with Gasteiger partial charge in [0.2, 0.25) is 5.91 Å². The first-order chi connectivity index (χ1) is 9.58. The highest BCUT2D eigenvalue weighted by Gasteiger charge is 2.33. The van der Waals surface area contributed by atoms with Crippen LogP contribution in [0, 0.1) is 0 Å². The van der Waals surface area contributed by atoms with E-state index >= 15 is 0 Å². The van der Waals surface area contributed by atoms with Gasteiger partial charge in [-0.15, -0.1) is 0 Å². The van der Waals surface area contributed by atoms with E-state index in [-0.39, 0.29) is 11.9 Å². The molecular weight excluding hydrogens is 262 g/mol. The average molecular weight is 283 g/mol. The molecule has 7 heteroatoms. The summed E-state index contributed by atoms with van der Waals surface area (Å²) in [6.45, 7) is 0.866. The van der Waals surface area contributed by atoms with Crippen LogP contribution >= 0.6 is 0 Å². The summed E-state index contributed by atoms with van der Waals surface area (Å²) in [5.41, 5.74) is 0. The largest absolute Gasteiger partial charge is 0.480 e. The molecule has 1 atom stereocenters. The minimum absolute atomic E-state index is 0.0198. The number of carboxylic acid groups (broad SMARTS) is 1. The van der Waals surface area contributed by atoms with Gasteiger partial charge >= 0.3 is 12.0 Å². The maximum Gasteiger partial charge on any atom is 0.326 e. The summed E-state index contributed by atoms with van der Waals surface area (Å²) in [7, 11) is 0. The van der Waals surface area contributed by atoms with Crippen LogP contribution in [0.5, 0.6) is 0 Å². The van der Waals surface area contributed by atoms with Crippen molar-refractivity contribution in [1.82, 2.24) is 15.5 Å². The minimum Gasteiger partial charge on any atom is -0.480 e. The lowest BCUT2D eigenvalue weighted by Crippen LogP contribution is -2.46. The van der Waals surface area contributed by atoms with Crippen molar-refractivity contribution in [2.75, 3.05) is 13.1 Å². The van der Waals surface area contributed by atoms with Crippen molar-refractivity contribution >= 4 is 17.9 Å². The average Bonchev–Trinajstić information content (AvgIpc) is 3.06. The van der Waals surface area contributed by atoms with Crippen LogP contribution in [0.3, 0.4) is 0 Å². The van der Waals surface area contributed by atoms with Crippen molar-refractivity contribution in [3.63, 3.8) is 0 Å². The van der Waals surface area contributed by atoms with Crippen LogP contribution in [-0.2, 0) is 9.59 Å². The Balaban J connectivity index is 1.61. The fourth-order valence-electron chi connectivity index (χ4n) is 2.34. The number of nitrogens with zero attached hydrogens (tertiary/aromatic N) is 1. The smallest absolute Gasteiger partial charge is 0.326 e. The Morgan fingerprint density at radius 1 is 1.20 bits per heavy atom. The first kappa shape index (κ1) is 14.6. The van der Waals surface area contributed by atoms with Crippen LogP contribution in [0.25, 0.3) is 0 Å². The summed E-state index contributed by atoms with van der Waals surface area (Å²) < 4.78 is 0. The van der Waals surface area contributed by atoms with Crippen molar-refractivity contribution in [1.29, 1.82) is 0 Å². The first-order valence-corrected chi connectivity index (χ1v) is 7.14. The standard InChI is InChI=1S/C13H21N3O4/c17-11(15-9-5-6-9)4-1-7-14-13(20)16-8-2-3-10(16)12(18)19/h9-10H,1-8H2,(H,14,20)(H,15,17)(H,18,19)/t10-/m0/s1. The highest BCUT2D eigenvalue weighted by molar-refractivity contribution is 5.83. The molecule has 0 spiro atoms. The van der Waals surface area contributed by atoms with E-state index in [0.717, 1.165) is 12.8 Å². The van der Waals surface area contributed by atoms with E-state index in [9.17, 15) is 14.4 Å². The molecule has 1 saturated carbocycles. The van der Waals surface area contributed by atoms with Crippen molar-refractivity contribution in [2.24, 2.45) is 0 Å². The van der Waals surface area contributed by atoms with Gasteiger partial charge in [0.1, 0.15) is 6.04 Å². The molecule has 3 amide bonds. The van der Waals surface area contributed by atoms with Crippen LogP contribution in [0.2, 0.25) is 0 Å². The number of amides is 3. The van der Waals surface area contributed by atoms with Gasteiger partial charge in [-0.2, -0.15) is 0 Å². The Bertz CT molecular complexity index is 395. The Morgan fingerprint density at radius 3 is 2.60 bits per heavy atom. The summed E-state index contributed by atoms with van der Waals surface area (Å²) in [6.07, 6.45) is 4.30. The zero-order chi connectivity index (χ0) is 14.5. The number of carboxylic acids is 1. The van der Waals surface area contributed by atoms with Crippen molar-refractivity contribution in [3.05, 3.63) is 0 Å². The SMILES string of the molecule is O=C(CCCNC(=O)N1CCC[C@H]1C(=O)O)NC1CC1. The van der Waals surface area contributed by atoms with Crippen LogP contribution in [0.4, 0.5) is 4.79 Å². The lowest BCUT2D eigenvalue weighted by atomic mass is 10.2. The zero-order valence-electron chi connectivity index (χ0n) is 11.4. The van der Waals surface area contributed by atoms with Gasteiger partial charge < -0.3 is 20.6 Å². The third kappa shape index (κ3) is 4.11. The summed E-state index contributed by atoms with van der Waals surface area (Å²) in [4.78, 5) is 35.6. The van der Waals surface area contributed by atoms with Crippen LogP contribution in [-0.4, -0.2) is 53.1 Å². The van der Waals surface area contributed by atoms with Gasteiger partial charge in [0.25, 0.3) is 0 Å². The van der Waals surface area contributed by atoms with Gasteiger partial charge in [0.05, 0.1) is 0 Å². The van der Waals surface area contributed by atoms with Gasteiger partial charge in [-0.3, -0.25) is 4.79 Å². The van der Waals surface area contributed by atoms with E-state index in [4.69, 9.17) is 5.11 Å². The minimum atomic E-state index is -0.957. The molecular formula is C13H21N3O4. The third-order valence-corrected chi connectivity index (χ3v) is 3.60. The number of nitrogens with one attached hydrogen (secondary N) is 2. The third-order valence-electron chi connectivity index (χ3n) is 3.60. The lowest BCUT2D eigenvalue weighted by molar-refractivity contribution is -0.141. The summed E-state index contributed by atoms with van der Waals surface area (Å²) in [5.74, 6) is -0.937. The van der Waals surface area contributed by atoms with Crippen molar-refractivity contribution in [3.8, 4) is 0 Å². The molecule has 2 rings (SSSR count). The van der Waals surface area contributed by atoms with E-state index in [0.29, 0.717) is 44.8 Å². The maximum absolute atomic E-state index is 11.8. The number of likely N-dealkylation sites (tertiary alicyclic amines) is 1. The molecule has 20 heavy (non-hydrogen) atoms. The summed E-state index contributed by atoms with van der Waals surface area (Å²) in [5, 5.41) is 14.5. The highest BCUT2D eigenvalue weighted by atomic mass is 16.4. The molecule has 7 nitrogen and oxygen atoms in total. The molecule has 0 aromatic rings. The Morgan fingerprint density at radius 2 is 1.95 bits per heavy atom. The Kier molecular flexibility index (Phi) is 4.81. The van der Waals surface area contributed by atoms with E-state index in [1.807, 2.05) is 0 Å². The van der Waals surface area contributed by atoms with Crippen LogP contribution in [0.1, 0.15) is 38.5 Å². The number of hydrogen-bond donors (Lipinski definition) is 3. The quantitative estimate of drug-likeness (QED) is 0.611. The fraction of sp³-hybridized carbons (Fsp3) is 0.769. The van der Waals surface area contributed by atoms with Gasteiger partial charge in [0.15, 0.2) is 0 Å². The van der Waals surface area contributed by atoms with E-state index in [1.165, 1.54) is 4.90 Å². The molecule has 0 aromatic carbocycles. The second kappa shape index (κ2) is 6.58. The highest BCUT2D eigenvalue weighted by Crippen LogP contribution is 2.19. The Hall–Kier alpha value is -1.79. The molecule has 0 unspecified atom stereocenters. The topological polar surface area (TPSA) is 98.7 Å². The van der Waals surface area contributed by atoms with Crippen LogP contribution < -0.4 is 10.6 Å². The second-order valence-corrected chi connectivity index (χ2v) is 5.37. The number of carbonyl (C=O) groups is 3. The van der Waals surface area contributed by atoms with Gasteiger partial charge in [-0.1, -0.05) is 0 Å². The zero-order valence-corrected chi connectivity index (χ0v) is 11.4.